The Balaban J connectivity index is 2.05. The zero-order valence-electron chi connectivity index (χ0n) is 12.5. The van der Waals surface area contributed by atoms with E-state index in [1.54, 1.807) is 24.6 Å². The average molecular weight is 306 g/mol. The van der Waals surface area contributed by atoms with Crippen LogP contribution in [0.2, 0.25) is 0 Å². The summed E-state index contributed by atoms with van der Waals surface area (Å²) in [6.07, 6.45) is -0.102. The minimum Gasteiger partial charge on any atom is -0.388 e. The second-order valence-electron chi connectivity index (χ2n) is 5.17. The molecule has 1 aliphatic heterocycles. The summed E-state index contributed by atoms with van der Waals surface area (Å²) in [5.74, 6) is 0.325. The number of nitrogens with one attached hydrogen (secondary N) is 1. The number of hydrogen-bond donors (Lipinski definition) is 3. The number of aryl methyl sites for hydroxylation is 1. The average Bonchev–Trinajstić information content (AvgIpc) is 3.02. The lowest BCUT2D eigenvalue weighted by Gasteiger charge is -2.16. The van der Waals surface area contributed by atoms with E-state index in [0.29, 0.717) is 22.8 Å². The van der Waals surface area contributed by atoms with Crippen LogP contribution in [0.25, 0.3) is 11.2 Å². The van der Waals surface area contributed by atoms with Crippen LogP contribution in [0.4, 0.5) is 5.95 Å². The number of aliphatic hydroxyl groups excluding tert-OH is 2. The van der Waals surface area contributed by atoms with E-state index in [1.165, 1.54) is 6.33 Å². The van der Waals surface area contributed by atoms with Gasteiger partial charge in [0.2, 0.25) is 5.95 Å². The number of aliphatic hydroxyl groups is 2. The number of nitrogens with zero attached hydrogens (tertiary/aromatic N) is 5. The first-order valence-corrected chi connectivity index (χ1v) is 6.99. The van der Waals surface area contributed by atoms with Crippen molar-refractivity contribution in [2.45, 2.75) is 45.3 Å². The summed E-state index contributed by atoms with van der Waals surface area (Å²) < 4.78 is 7.21. The molecule has 1 unspecified atom stereocenters. The van der Waals surface area contributed by atoms with Gasteiger partial charge in [-0.2, -0.15) is 10.1 Å². The molecule has 2 aromatic heterocycles. The predicted molar refractivity (Wildman–Crippen MR) is 79.4 cm³/mol. The van der Waals surface area contributed by atoms with Gasteiger partial charge in [-0.15, -0.1) is 0 Å². The Labute approximate surface area is 126 Å². The molecule has 3 N–H and O–H groups in total. The summed E-state index contributed by atoms with van der Waals surface area (Å²) in [5, 5.41) is 23.9. The topological polar surface area (TPSA) is 118 Å². The number of hydrogen-bond acceptors (Lipinski definition) is 8. The quantitative estimate of drug-likeness (QED) is 0.547. The number of anilines is 1. The van der Waals surface area contributed by atoms with E-state index in [1.807, 2.05) is 6.92 Å². The summed E-state index contributed by atoms with van der Waals surface area (Å²) in [6, 6.07) is 0. The van der Waals surface area contributed by atoms with Crippen LogP contribution in [-0.4, -0.2) is 54.3 Å². The lowest BCUT2D eigenvalue weighted by atomic mass is 10.1. The van der Waals surface area contributed by atoms with Crippen LogP contribution < -0.4 is 5.43 Å². The van der Waals surface area contributed by atoms with Crippen LogP contribution in [0.5, 0.6) is 0 Å². The summed E-state index contributed by atoms with van der Waals surface area (Å²) in [6.45, 7) is 5.29. The fourth-order valence-corrected chi connectivity index (χ4v) is 2.47. The van der Waals surface area contributed by atoms with E-state index in [-0.39, 0.29) is 0 Å². The fraction of sp³-hybridized carbons (Fsp3) is 0.538. The molecule has 9 heteroatoms. The maximum absolute atomic E-state index is 10.1. The zero-order chi connectivity index (χ0) is 15.9. The minimum atomic E-state index is -1.05. The number of rotatable bonds is 3. The highest BCUT2D eigenvalue weighted by molar-refractivity contribution is 5.74. The third-order valence-corrected chi connectivity index (χ3v) is 3.64. The molecule has 9 nitrogen and oxygen atoms in total. The van der Waals surface area contributed by atoms with Crippen molar-refractivity contribution in [3.8, 4) is 0 Å². The van der Waals surface area contributed by atoms with Crippen molar-refractivity contribution in [2.75, 3.05) is 5.43 Å². The molecule has 118 valence electrons. The maximum atomic E-state index is 10.1. The van der Waals surface area contributed by atoms with Gasteiger partial charge in [0.15, 0.2) is 11.9 Å². The number of ether oxygens (including phenoxy) is 1. The number of imidazole rings is 1. The Morgan fingerprint density at radius 3 is 2.77 bits per heavy atom. The number of fused-ring (bicyclic) bond motifs is 1. The molecule has 0 radical (unpaired) electrons. The van der Waals surface area contributed by atoms with Crippen molar-refractivity contribution in [1.82, 2.24) is 19.5 Å². The Bertz CT molecular complexity index is 715. The van der Waals surface area contributed by atoms with Crippen LogP contribution in [-0.2, 0) is 4.74 Å². The van der Waals surface area contributed by atoms with Crippen LogP contribution in [0.3, 0.4) is 0 Å². The zero-order valence-corrected chi connectivity index (χ0v) is 12.5. The SMILES string of the molecule is C/C=N\Nc1nc(C)c2ncn([C@@H]3O[C@H](C)[C@H](O)C3O)c2n1. The molecule has 0 amide bonds. The van der Waals surface area contributed by atoms with Crippen molar-refractivity contribution in [2.24, 2.45) is 5.10 Å². The van der Waals surface area contributed by atoms with E-state index < -0.39 is 24.5 Å². The highest BCUT2D eigenvalue weighted by atomic mass is 16.6. The number of aromatic nitrogens is 4. The van der Waals surface area contributed by atoms with Gasteiger partial charge < -0.3 is 14.9 Å². The van der Waals surface area contributed by atoms with Crippen molar-refractivity contribution < 1.29 is 14.9 Å². The van der Waals surface area contributed by atoms with Crippen molar-refractivity contribution >= 4 is 23.3 Å². The van der Waals surface area contributed by atoms with E-state index >= 15 is 0 Å². The molecular weight excluding hydrogens is 288 g/mol. The van der Waals surface area contributed by atoms with Gasteiger partial charge in [0, 0.05) is 6.21 Å². The molecule has 1 aliphatic rings. The van der Waals surface area contributed by atoms with Crippen LogP contribution >= 0.6 is 0 Å². The molecule has 4 atom stereocenters. The maximum Gasteiger partial charge on any atom is 0.245 e. The highest BCUT2D eigenvalue weighted by Gasteiger charge is 2.42. The Morgan fingerprint density at radius 2 is 2.14 bits per heavy atom. The summed E-state index contributed by atoms with van der Waals surface area (Å²) in [7, 11) is 0. The van der Waals surface area contributed by atoms with Gasteiger partial charge in [0.05, 0.1) is 18.1 Å². The third kappa shape index (κ3) is 2.32. The molecule has 0 aromatic carbocycles. The Kier molecular flexibility index (Phi) is 3.77. The van der Waals surface area contributed by atoms with Gasteiger partial charge in [-0.1, -0.05) is 0 Å². The Hall–Kier alpha value is -2.10. The molecule has 3 heterocycles. The molecule has 22 heavy (non-hydrogen) atoms. The number of hydrazone groups is 1. The second-order valence-corrected chi connectivity index (χ2v) is 5.17. The van der Waals surface area contributed by atoms with Crippen LogP contribution in [0.1, 0.15) is 25.8 Å². The van der Waals surface area contributed by atoms with Gasteiger partial charge in [0.25, 0.3) is 0 Å². The molecule has 1 saturated heterocycles. The predicted octanol–water partition coefficient (Wildman–Crippen LogP) is 0.191. The second kappa shape index (κ2) is 5.59. The third-order valence-electron chi connectivity index (χ3n) is 3.64. The van der Waals surface area contributed by atoms with Gasteiger partial charge in [-0.3, -0.25) is 4.57 Å². The molecule has 0 bridgehead atoms. The smallest absolute Gasteiger partial charge is 0.245 e. The van der Waals surface area contributed by atoms with Crippen LogP contribution in [0, 0.1) is 6.92 Å². The van der Waals surface area contributed by atoms with E-state index in [4.69, 9.17) is 4.74 Å². The molecule has 0 saturated carbocycles. The van der Waals surface area contributed by atoms with E-state index in [2.05, 4.69) is 25.5 Å². The highest BCUT2D eigenvalue weighted by Crippen LogP contribution is 2.31. The Morgan fingerprint density at radius 1 is 1.36 bits per heavy atom. The monoisotopic (exact) mass is 306 g/mol. The molecule has 1 fully saturated rings. The normalized spacial score (nSPS) is 28.8. The van der Waals surface area contributed by atoms with Gasteiger partial charge in [0.1, 0.15) is 17.7 Å². The van der Waals surface area contributed by atoms with Crippen LogP contribution in [0.15, 0.2) is 11.4 Å². The van der Waals surface area contributed by atoms with Crippen molar-refractivity contribution in [3.63, 3.8) is 0 Å². The standard InChI is InChI=1S/C13H18N6O3/c1-4-15-18-13-16-6(2)8-11(17-13)19(5-14-8)12-10(21)9(20)7(3)22-12/h4-5,7,9-10,12,20-21H,1-3H3,(H,16,17,18)/b15-4-/t7-,9+,10?,12-/m1/s1. The molecule has 0 spiro atoms. The van der Waals surface area contributed by atoms with E-state index in [9.17, 15) is 10.2 Å². The van der Waals surface area contributed by atoms with Gasteiger partial charge in [-0.05, 0) is 20.8 Å². The first kappa shape index (κ1) is 14.8. The van der Waals surface area contributed by atoms with Crippen molar-refractivity contribution in [1.29, 1.82) is 0 Å². The van der Waals surface area contributed by atoms with Gasteiger partial charge >= 0.3 is 0 Å². The molecule has 2 aromatic rings. The largest absolute Gasteiger partial charge is 0.388 e. The first-order valence-electron chi connectivity index (χ1n) is 6.99. The summed E-state index contributed by atoms with van der Waals surface area (Å²) in [4.78, 5) is 12.9. The summed E-state index contributed by atoms with van der Waals surface area (Å²) in [5.41, 5.74) is 4.51. The fourth-order valence-electron chi connectivity index (χ4n) is 2.47. The lowest BCUT2D eigenvalue weighted by Crippen LogP contribution is -2.30. The summed E-state index contributed by atoms with van der Waals surface area (Å²) >= 11 is 0. The first-order chi connectivity index (χ1) is 10.5. The van der Waals surface area contributed by atoms with Gasteiger partial charge in [-0.25, -0.2) is 15.4 Å². The minimum absolute atomic E-state index is 0.325. The molecule has 3 rings (SSSR count). The lowest BCUT2D eigenvalue weighted by molar-refractivity contribution is -0.0299. The molecule has 0 aliphatic carbocycles. The molecular formula is C13H18N6O3. The van der Waals surface area contributed by atoms with Crippen molar-refractivity contribution in [3.05, 3.63) is 12.0 Å². The van der Waals surface area contributed by atoms with E-state index in [0.717, 1.165) is 0 Å².